The quantitative estimate of drug-likeness (QED) is 0.826. The standard InChI is InChI=1S/C17H22N2O3/c1-10-13(15(20)22-5)14(19-16(21)18-10)11-6-8-12(9-7-11)17(2,3)4/h6-9,14H,1-5H3,(H2,18,19,21)/t14-/m1/s1. The zero-order valence-corrected chi connectivity index (χ0v) is 13.6. The van der Waals surface area contributed by atoms with Crippen LogP contribution in [-0.4, -0.2) is 19.1 Å². The Balaban J connectivity index is 2.42. The SMILES string of the molecule is COC(=O)C1=C(C)NC(=O)N[C@@H]1c1ccc(C(C)(C)C)cc1. The first-order valence-electron chi connectivity index (χ1n) is 7.21. The van der Waals surface area contributed by atoms with Gasteiger partial charge in [0.25, 0.3) is 0 Å². The number of carbonyl (C=O) groups excluding carboxylic acids is 2. The molecular weight excluding hydrogens is 280 g/mol. The van der Waals surface area contributed by atoms with Gasteiger partial charge >= 0.3 is 12.0 Å². The average Bonchev–Trinajstić information content (AvgIpc) is 2.45. The number of carbonyl (C=O) groups is 2. The molecule has 1 aliphatic heterocycles. The summed E-state index contributed by atoms with van der Waals surface area (Å²) in [7, 11) is 1.33. The highest BCUT2D eigenvalue weighted by molar-refractivity contribution is 5.94. The van der Waals surface area contributed by atoms with Crippen LogP contribution in [0.1, 0.15) is 44.9 Å². The molecule has 2 N–H and O–H groups in total. The molecule has 0 unspecified atom stereocenters. The Bertz CT molecular complexity index is 624. The number of rotatable bonds is 2. The summed E-state index contributed by atoms with van der Waals surface area (Å²) < 4.78 is 4.84. The fraction of sp³-hybridized carbons (Fsp3) is 0.412. The Morgan fingerprint density at radius 3 is 2.27 bits per heavy atom. The summed E-state index contributed by atoms with van der Waals surface area (Å²) in [5.74, 6) is -0.449. The molecule has 118 valence electrons. The van der Waals surface area contributed by atoms with Crippen LogP contribution in [0.15, 0.2) is 35.5 Å². The molecule has 0 radical (unpaired) electrons. The van der Waals surface area contributed by atoms with Gasteiger partial charge in [-0.2, -0.15) is 0 Å². The number of allylic oxidation sites excluding steroid dienone is 1. The van der Waals surface area contributed by atoms with Crippen molar-refractivity contribution in [2.24, 2.45) is 0 Å². The fourth-order valence-electron chi connectivity index (χ4n) is 2.50. The average molecular weight is 302 g/mol. The maximum Gasteiger partial charge on any atom is 0.337 e. The monoisotopic (exact) mass is 302 g/mol. The minimum atomic E-state index is -0.504. The normalized spacial score (nSPS) is 18.6. The molecule has 0 aromatic heterocycles. The molecule has 2 amide bonds. The van der Waals surface area contributed by atoms with Gasteiger partial charge in [-0.25, -0.2) is 9.59 Å². The molecule has 0 bridgehead atoms. The molecule has 5 nitrogen and oxygen atoms in total. The third-order valence-corrected chi connectivity index (χ3v) is 3.78. The third kappa shape index (κ3) is 3.13. The second kappa shape index (κ2) is 5.83. The molecule has 2 rings (SSSR count). The summed E-state index contributed by atoms with van der Waals surface area (Å²) in [6, 6.07) is 7.09. The van der Waals surface area contributed by atoms with E-state index in [1.54, 1.807) is 6.92 Å². The molecule has 0 saturated carbocycles. The van der Waals surface area contributed by atoms with Gasteiger partial charge in [0, 0.05) is 5.70 Å². The Morgan fingerprint density at radius 1 is 1.18 bits per heavy atom. The number of esters is 1. The lowest BCUT2D eigenvalue weighted by atomic mass is 9.85. The molecule has 5 heteroatoms. The number of ether oxygens (including phenoxy) is 1. The van der Waals surface area contributed by atoms with E-state index in [9.17, 15) is 9.59 Å². The topological polar surface area (TPSA) is 67.4 Å². The van der Waals surface area contributed by atoms with Crippen LogP contribution in [0.4, 0.5) is 4.79 Å². The lowest BCUT2D eigenvalue weighted by Gasteiger charge is -2.28. The van der Waals surface area contributed by atoms with E-state index in [0.717, 1.165) is 5.56 Å². The predicted octanol–water partition coefficient (Wildman–Crippen LogP) is 2.79. The summed E-state index contributed by atoms with van der Waals surface area (Å²) in [5.41, 5.74) is 3.03. The summed E-state index contributed by atoms with van der Waals surface area (Å²) in [6.07, 6.45) is 0. The zero-order valence-electron chi connectivity index (χ0n) is 13.6. The van der Waals surface area contributed by atoms with E-state index in [-0.39, 0.29) is 11.4 Å². The first kappa shape index (κ1) is 16.1. The summed E-state index contributed by atoms with van der Waals surface area (Å²) in [6.45, 7) is 8.11. The van der Waals surface area contributed by atoms with Gasteiger partial charge in [0.05, 0.1) is 18.7 Å². The highest BCUT2D eigenvalue weighted by Gasteiger charge is 2.31. The van der Waals surface area contributed by atoms with Crippen LogP contribution in [0, 0.1) is 0 Å². The van der Waals surface area contributed by atoms with Crippen molar-refractivity contribution in [2.75, 3.05) is 7.11 Å². The highest BCUT2D eigenvalue weighted by atomic mass is 16.5. The van der Waals surface area contributed by atoms with E-state index < -0.39 is 12.0 Å². The van der Waals surface area contributed by atoms with E-state index in [0.29, 0.717) is 11.3 Å². The Morgan fingerprint density at radius 2 is 1.77 bits per heavy atom. The van der Waals surface area contributed by atoms with Crippen LogP contribution >= 0.6 is 0 Å². The fourth-order valence-corrected chi connectivity index (χ4v) is 2.50. The molecule has 1 heterocycles. The van der Waals surface area contributed by atoms with Crippen molar-refractivity contribution >= 4 is 12.0 Å². The molecule has 22 heavy (non-hydrogen) atoms. The minimum absolute atomic E-state index is 0.0484. The van der Waals surface area contributed by atoms with Crippen LogP contribution in [0.25, 0.3) is 0 Å². The molecule has 1 aromatic carbocycles. The molecular formula is C17H22N2O3. The summed E-state index contributed by atoms with van der Waals surface area (Å²) >= 11 is 0. The van der Waals surface area contributed by atoms with E-state index in [4.69, 9.17) is 4.74 Å². The first-order chi connectivity index (χ1) is 10.2. The van der Waals surface area contributed by atoms with E-state index >= 15 is 0 Å². The van der Waals surface area contributed by atoms with Crippen LogP contribution in [-0.2, 0) is 14.9 Å². The van der Waals surface area contributed by atoms with E-state index in [2.05, 4.69) is 31.4 Å². The number of amides is 2. The van der Waals surface area contributed by atoms with Gasteiger partial charge in [0.1, 0.15) is 0 Å². The number of benzene rings is 1. The van der Waals surface area contributed by atoms with E-state index in [1.165, 1.54) is 12.7 Å². The Hall–Kier alpha value is -2.30. The Labute approximate surface area is 130 Å². The van der Waals surface area contributed by atoms with Crippen molar-refractivity contribution in [2.45, 2.75) is 39.2 Å². The number of hydrogen-bond acceptors (Lipinski definition) is 3. The van der Waals surface area contributed by atoms with Gasteiger partial charge < -0.3 is 15.4 Å². The van der Waals surface area contributed by atoms with Crippen LogP contribution in [0.3, 0.4) is 0 Å². The first-order valence-corrected chi connectivity index (χ1v) is 7.21. The minimum Gasteiger partial charge on any atom is -0.466 e. The second-order valence-electron chi connectivity index (χ2n) is 6.43. The smallest absolute Gasteiger partial charge is 0.337 e. The van der Waals surface area contributed by atoms with Crippen molar-refractivity contribution in [3.63, 3.8) is 0 Å². The van der Waals surface area contributed by atoms with Gasteiger partial charge in [-0.3, -0.25) is 0 Å². The number of urea groups is 1. The lowest BCUT2D eigenvalue weighted by Crippen LogP contribution is -2.45. The maximum absolute atomic E-state index is 12.0. The molecule has 1 aliphatic rings. The third-order valence-electron chi connectivity index (χ3n) is 3.78. The molecule has 1 atom stereocenters. The molecule has 1 aromatic rings. The number of methoxy groups -OCH3 is 1. The van der Waals surface area contributed by atoms with Crippen molar-refractivity contribution < 1.29 is 14.3 Å². The lowest BCUT2D eigenvalue weighted by molar-refractivity contribution is -0.136. The largest absolute Gasteiger partial charge is 0.466 e. The van der Waals surface area contributed by atoms with Crippen molar-refractivity contribution in [1.29, 1.82) is 0 Å². The van der Waals surface area contributed by atoms with Gasteiger partial charge in [0.15, 0.2) is 0 Å². The Kier molecular flexibility index (Phi) is 4.26. The number of hydrogen-bond donors (Lipinski definition) is 2. The van der Waals surface area contributed by atoms with Crippen molar-refractivity contribution in [1.82, 2.24) is 10.6 Å². The summed E-state index contributed by atoms with van der Waals surface area (Å²) in [4.78, 5) is 23.8. The van der Waals surface area contributed by atoms with E-state index in [1.807, 2.05) is 24.3 Å². The van der Waals surface area contributed by atoms with Gasteiger partial charge in [-0.15, -0.1) is 0 Å². The molecule has 0 fully saturated rings. The molecule has 0 saturated heterocycles. The van der Waals surface area contributed by atoms with Crippen molar-refractivity contribution in [3.05, 3.63) is 46.7 Å². The maximum atomic E-state index is 12.0. The molecule has 0 spiro atoms. The van der Waals surface area contributed by atoms with Gasteiger partial charge in [0.2, 0.25) is 0 Å². The van der Waals surface area contributed by atoms with Crippen LogP contribution in [0.5, 0.6) is 0 Å². The van der Waals surface area contributed by atoms with Crippen LogP contribution < -0.4 is 10.6 Å². The second-order valence-corrected chi connectivity index (χ2v) is 6.43. The molecule has 0 aliphatic carbocycles. The number of nitrogens with one attached hydrogen (secondary N) is 2. The zero-order chi connectivity index (χ0) is 16.5. The van der Waals surface area contributed by atoms with Crippen molar-refractivity contribution in [3.8, 4) is 0 Å². The predicted molar refractivity (Wildman–Crippen MR) is 84.3 cm³/mol. The van der Waals surface area contributed by atoms with Gasteiger partial charge in [-0.1, -0.05) is 45.0 Å². The van der Waals surface area contributed by atoms with Crippen LogP contribution in [0.2, 0.25) is 0 Å². The highest BCUT2D eigenvalue weighted by Crippen LogP contribution is 2.29. The van der Waals surface area contributed by atoms with Gasteiger partial charge in [-0.05, 0) is 23.5 Å². The summed E-state index contributed by atoms with van der Waals surface area (Å²) in [5, 5.41) is 5.39.